The molecule has 0 atom stereocenters. The van der Waals surface area contributed by atoms with E-state index in [1.165, 1.54) is 0 Å². The number of hydrogen-bond acceptors (Lipinski definition) is 2. The molecule has 1 N–H and O–H groups in total. The van der Waals surface area contributed by atoms with E-state index in [0.717, 1.165) is 22.5 Å². The van der Waals surface area contributed by atoms with Gasteiger partial charge in [-0.2, -0.15) is 5.10 Å². The normalized spacial score (nSPS) is 11.3. The van der Waals surface area contributed by atoms with Crippen LogP contribution in [0.3, 0.4) is 0 Å². The molecule has 0 aliphatic rings. The Morgan fingerprint density at radius 2 is 1.67 bits per heavy atom. The fraction of sp³-hybridized carbons (Fsp3) is 0.100. The summed E-state index contributed by atoms with van der Waals surface area (Å²) in [5.74, 6) is -0.152. The lowest BCUT2D eigenvalue weighted by atomic mass is 10.0. The summed E-state index contributed by atoms with van der Waals surface area (Å²) in [6.07, 6.45) is 3.56. The first-order chi connectivity index (χ1) is 11.6. The van der Waals surface area contributed by atoms with Gasteiger partial charge in [0.1, 0.15) is 0 Å². The van der Waals surface area contributed by atoms with E-state index in [9.17, 15) is 4.79 Å². The van der Waals surface area contributed by atoms with E-state index in [4.69, 9.17) is 0 Å². The zero-order valence-corrected chi connectivity index (χ0v) is 13.7. The van der Waals surface area contributed by atoms with Gasteiger partial charge in [-0.15, -0.1) is 0 Å². The lowest BCUT2D eigenvalue weighted by molar-refractivity contribution is -0.111. The largest absolute Gasteiger partial charge is 0.319 e. The number of nitrogens with zero attached hydrogens (tertiary/aromatic N) is 2. The minimum Gasteiger partial charge on any atom is -0.319 e. The van der Waals surface area contributed by atoms with Crippen LogP contribution >= 0.6 is 0 Å². The predicted octanol–water partition coefficient (Wildman–Crippen LogP) is 3.91. The Morgan fingerprint density at radius 3 is 2.25 bits per heavy atom. The summed E-state index contributed by atoms with van der Waals surface area (Å²) in [4.78, 5) is 12.9. The number of carbonyl (C=O) groups excluding carboxylic acids is 1. The molecule has 0 saturated carbocycles. The quantitative estimate of drug-likeness (QED) is 0.586. The molecule has 4 heteroatoms. The third-order valence-corrected chi connectivity index (χ3v) is 3.92. The second-order valence-electron chi connectivity index (χ2n) is 5.56. The summed E-state index contributed by atoms with van der Waals surface area (Å²) >= 11 is 0. The van der Waals surface area contributed by atoms with Crippen molar-refractivity contribution in [3.8, 4) is 0 Å². The van der Waals surface area contributed by atoms with Gasteiger partial charge in [0.25, 0.3) is 5.91 Å². The Kier molecular flexibility index (Phi) is 4.57. The molecule has 0 aliphatic heterocycles. The standard InChI is InChI=1S/C20H19N3O/c1-15-19(14-21-23(15)2)22-20(24)18(17-11-7-4-8-12-17)13-16-9-5-3-6-10-16/h3-14H,1-2H3,(H,22,24)/b18-13-. The van der Waals surface area contributed by atoms with Crippen molar-refractivity contribution in [3.63, 3.8) is 0 Å². The number of rotatable bonds is 4. The fourth-order valence-corrected chi connectivity index (χ4v) is 2.42. The van der Waals surface area contributed by atoms with Crippen LogP contribution < -0.4 is 5.32 Å². The molecule has 0 fully saturated rings. The number of nitrogens with one attached hydrogen (secondary N) is 1. The second-order valence-corrected chi connectivity index (χ2v) is 5.56. The zero-order valence-electron chi connectivity index (χ0n) is 13.7. The van der Waals surface area contributed by atoms with Gasteiger partial charge in [-0.3, -0.25) is 9.48 Å². The number of anilines is 1. The smallest absolute Gasteiger partial charge is 0.256 e. The first kappa shape index (κ1) is 15.7. The van der Waals surface area contributed by atoms with Gasteiger partial charge in [-0.1, -0.05) is 60.7 Å². The van der Waals surface area contributed by atoms with Crippen LogP contribution in [-0.2, 0) is 11.8 Å². The van der Waals surface area contributed by atoms with Crippen LogP contribution in [0.25, 0.3) is 11.6 Å². The lowest BCUT2D eigenvalue weighted by Crippen LogP contribution is -2.14. The number of benzene rings is 2. The molecule has 0 unspecified atom stereocenters. The van der Waals surface area contributed by atoms with E-state index in [1.807, 2.05) is 80.7 Å². The number of carbonyl (C=O) groups is 1. The molecule has 1 aromatic heterocycles. The Balaban J connectivity index is 1.97. The maximum absolute atomic E-state index is 12.9. The van der Waals surface area contributed by atoms with Crippen LogP contribution in [0, 0.1) is 6.92 Å². The summed E-state index contributed by atoms with van der Waals surface area (Å²) in [7, 11) is 1.85. The van der Waals surface area contributed by atoms with E-state index in [1.54, 1.807) is 10.9 Å². The van der Waals surface area contributed by atoms with Crippen molar-refractivity contribution in [2.45, 2.75) is 6.92 Å². The van der Waals surface area contributed by atoms with Gasteiger partial charge in [0.05, 0.1) is 17.6 Å². The predicted molar refractivity (Wildman–Crippen MR) is 97.3 cm³/mol. The molecule has 120 valence electrons. The second kappa shape index (κ2) is 6.96. The lowest BCUT2D eigenvalue weighted by Gasteiger charge is -2.09. The van der Waals surface area contributed by atoms with Gasteiger partial charge in [0, 0.05) is 12.6 Å². The Labute approximate surface area is 141 Å². The van der Waals surface area contributed by atoms with Crippen LogP contribution in [0.4, 0.5) is 5.69 Å². The van der Waals surface area contributed by atoms with Gasteiger partial charge in [0.2, 0.25) is 0 Å². The van der Waals surface area contributed by atoms with Crippen molar-refractivity contribution < 1.29 is 4.79 Å². The maximum atomic E-state index is 12.9. The molecular formula is C20H19N3O. The van der Waals surface area contributed by atoms with E-state index >= 15 is 0 Å². The van der Waals surface area contributed by atoms with Gasteiger partial charge in [-0.25, -0.2) is 0 Å². The van der Waals surface area contributed by atoms with Crippen LogP contribution in [0.2, 0.25) is 0 Å². The Morgan fingerprint density at radius 1 is 1.04 bits per heavy atom. The molecule has 1 heterocycles. The summed E-state index contributed by atoms with van der Waals surface area (Å²) in [5.41, 5.74) is 4.10. The van der Waals surface area contributed by atoms with Gasteiger partial charge >= 0.3 is 0 Å². The van der Waals surface area contributed by atoms with Crippen molar-refractivity contribution >= 4 is 23.2 Å². The average molecular weight is 317 g/mol. The number of aryl methyl sites for hydroxylation is 1. The number of hydrogen-bond donors (Lipinski definition) is 1. The van der Waals surface area contributed by atoms with Gasteiger partial charge < -0.3 is 5.32 Å². The Hall–Kier alpha value is -3.14. The highest BCUT2D eigenvalue weighted by Crippen LogP contribution is 2.21. The van der Waals surface area contributed by atoms with E-state index in [0.29, 0.717) is 5.57 Å². The first-order valence-electron chi connectivity index (χ1n) is 7.77. The van der Waals surface area contributed by atoms with Crippen LogP contribution in [0.15, 0.2) is 66.9 Å². The van der Waals surface area contributed by atoms with E-state index < -0.39 is 0 Å². The van der Waals surface area contributed by atoms with Crippen LogP contribution in [0.1, 0.15) is 16.8 Å². The highest BCUT2D eigenvalue weighted by atomic mass is 16.1. The van der Waals surface area contributed by atoms with Crippen molar-refractivity contribution in [1.29, 1.82) is 0 Å². The SMILES string of the molecule is Cc1c(NC(=O)/C(=C\c2ccccc2)c2ccccc2)cnn1C. The molecule has 1 amide bonds. The summed E-state index contributed by atoms with van der Waals surface area (Å²) in [6, 6.07) is 19.5. The van der Waals surface area contributed by atoms with Crippen LogP contribution in [0.5, 0.6) is 0 Å². The molecule has 0 saturated heterocycles. The molecule has 3 rings (SSSR count). The molecular weight excluding hydrogens is 298 g/mol. The fourth-order valence-electron chi connectivity index (χ4n) is 2.42. The van der Waals surface area contributed by atoms with Crippen molar-refractivity contribution in [3.05, 3.63) is 83.7 Å². The Bertz CT molecular complexity index is 864. The topological polar surface area (TPSA) is 46.9 Å². The highest BCUT2D eigenvalue weighted by molar-refractivity contribution is 6.29. The number of amides is 1. The third-order valence-electron chi connectivity index (χ3n) is 3.92. The molecule has 0 aliphatic carbocycles. The zero-order chi connectivity index (χ0) is 16.9. The molecule has 0 bridgehead atoms. The average Bonchev–Trinajstić information content (AvgIpc) is 2.93. The molecule has 24 heavy (non-hydrogen) atoms. The van der Waals surface area contributed by atoms with Crippen molar-refractivity contribution in [2.24, 2.45) is 7.05 Å². The first-order valence-corrected chi connectivity index (χ1v) is 7.77. The molecule has 3 aromatic rings. The van der Waals surface area contributed by atoms with E-state index in [-0.39, 0.29) is 5.91 Å². The molecule has 0 spiro atoms. The third kappa shape index (κ3) is 3.43. The van der Waals surface area contributed by atoms with Crippen LogP contribution in [-0.4, -0.2) is 15.7 Å². The minimum atomic E-state index is -0.152. The van der Waals surface area contributed by atoms with Gasteiger partial charge in [0.15, 0.2) is 0 Å². The summed E-state index contributed by atoms with van der Waals surface area (Å²) in [5, 5.41) is 7.13. The summed E-state index contributed by atoms with van der Waals surface area (Å²) in [6.45, 7) is 1.92. The monoisotopic (exact) mass is 317 g/mol. The minimum absolute atomic E-state index is 0.152. The van der Waals surface area contributed by atoms with Crippen molar-refractivity contribution in [2.75, 3.05) is 5.32 Å². The van der Waals surface area contributed by atoms with Gasteiger partial charge in [-0.05, 0) is 24.1 Å². The molecule has 2 aromatic carbocycles. The highest BCUT2D eigenvalue weighted by Gasteiger charge is 2.14. The molecule has 4 nitrogen and oxygen atoms in total. The molecule has 0 radical (unpaired) electrons. The summed E-state index contributed by atoms with van der Waals surface area (Å²) < 4.78 is 1.73. The maximum Gasteiger partial charge on any atom is 0.256 e. The number of aromatic nitrogens is 2. The van der Waals surface area contributed by atoms with E-state index in [2.05, 4.69) is 10.4 Å². The van der Waals surface area contributed by atoms with Crippen molar-refractivity contribution in [1.82, 2.24) is 9.78 Å².